The molecule has 0 saturated heterocycles. The van der Waals surface area contributed by atoms with E-state index in [0.29, 0.717) is 12.2 Å². The van der Waals surface area contributed by atoms with Gasteiger partial charge in [0.05, 0.1) is 18.2 Å². The molecule has 0 spiro atoms. The van der Waals surface area contributed by atoms with Gasteiger partial charge in [0, 0.05) is 24.8 Å². The van der Waals surface area contributed by atoms with Gasteiger partial charge in [-0.25, -0.2) is 15.0 Å². The number of fused-ring (bicyclic) bond motifs is 1. The van der Waals surface area contributed by atoms with Crippen LogP contribution >= 0.6 is 11.3 Å². The molecule has 6 heteroatoms. The first-order valence-electron chi connectivity index (χ1n) is 8.77. The predicted molar refractivity (Wildman–Crippen MR) is 102 cm³/mol. The zero-order chi connectivity index (χ0) is 17.9. The van der Waals surface area contributed by atoms with E-state index in [-0.39, 0.29) is 11.9 Å². The van der Waals surface area contributed by atoms with Crippen LogP contribution in [0.2, 0.25) is 0 Å². The van der Waals surface area contributed by atoms with Crippen molar-refractivity contribution in [1.29, 1.82) is 0 Å². The maximum Gasteiger partial charge on any atom is 0.228 e. The molecule has 0 saturated carbocycles. The molecule has 3 aromatic rings. The molecule has 0 radical (unpaired) electrons. The second kappa shape index (κ2) is 7.33. The summed E-state index contributed by atoms with van der Waals surface area (Å²) < 4.78 is 0. The lowest BCUT2D eigenvalue weighted by molar-refractivity contribution is -0.131. The van der Waals surface area contributed by atoms with Crippen molar-refractivity contribution in [3.05, 3.63) is 64.9 Å². The van der Waals surface area contributed by atoms with Gasteiger partial charge in [-0.1, -0.05) is 24.3 Å². The molecule has 5 nitrogen and oxygen atoms in total. The van der Waals surface area contributed by atoms with E-state index < -0.39 is 0 Å². The summed E-state index contributed by atoms with van der Waals surface area (Å²) in [6.45, 7) is 0. The molecular weight excluding hydrogens is 344 g/mol. The van der Waals surface area contributed by atoms with Crippen LogP contribution in [0.15, 0.2) is 48.1 Å². The standard InChI is InChI=1S/C20H20N4OS/c1-24(17-9-4-7-14-6-2-3-8-16(14)17)18(25)12-15-13-26-20(23-15)19-21-10-5-11-22-19/h2-3,5-6,8,10-11,13,17H,4,7,9,12H2,1H3. The minimum atomic E-state index is 0.0949. The van der Waals surface area contributed by atoms with E-state index in [1.807, 2.05) is 17.3 Å². The zero-order valence-corrected chi connectivity index (χ0v) is 15.4. The van der Waals surface area contributed by atoms with E-state index in [1.54, 1.807) is 18.5 Å². The summed E-state index contributed by atoms with van der Waals surface area (Å²) in [5.41, 5.74) is 3.42. The third-order valence-electron chi connectivity index (χ3n) is 4.84. The second-order valence-corrected chi connectivity index (χ2v) is 7.36. The topological polar surface area (TPSA) is 59.0 Å². The molecule has 1 amide bonds. The van der Waals surface area contributed by atoms with Gasteiger partial charge in [-0.15, -0.1) is 11.3 Å². The van der Waals surface area contributed by atoms with Crippen LogP contribution in [0.4, 0.5) is 0 Å². The van der Waals surface area contributed by atoms with Crippen LogP contribution in [0, 0.1) is 0 Å². The number of likely N-dealkylation sites (N-methyl/N-ethyl adjacent to an activating group) is 1. The van der Waals surface area contributed by atoms with Crippen molar-refractivity contribution in [3.8, 4) is 10.8 Å². The average molecular weight is 364 g/mol. The maximum absolute atomic E-state index is 12.8. The van der Waals surface area contributed by atoms with Crippen molar-refractivity contribution in [3.63, 3.8) is 0 Å². The maximum atomic E-state index is 12.8. The van der Waals surface area contributed by atoms with Gasteiger partial charge in [-0.3, -0.25) is 4.79 Å². The van der Waals surface area contributed by atoms with Gasteiger partial charge in [0.1, 0.15) is 0 Å². The molecule has 2 aromatic heterocycles. The summed E-state index contributed by atoms with van der Waals surface area (Å²) in [6, 6.07) is 10.4. The Hall–Kier alpha value is -2.60. The molecule has 0 fully saturated rings. The first-order valence-corrected chi connectivity index (χ1v) is 9.65. The van der Waals surface area contributed by atoms with E-state index in [2.05, 4.69) is 39.2 Å². The lowest BCUT2D eigenvalue weighted by atomic mass is 9.87. The van der Waals surface area contributed by atoms with Crippen LogP contribution in [0.25, 0.3) is 10.8 Å². The Labute approximate surface area is 156 Å². The minimum absolute atomic E-state index is 0.0949. The average Bonchev–Trinajstić information content (AvgIpc) is 3.16. The Bertz CT molecular complexity index is 909. The molecular formula is C20H20N4OS. The molecule has 1 aliphatic carbocycles. The van der Waals surface area contributed by atoms with Crippen LogP contribution in [0.5, 0.6) is 0 Å². The highest BCUT2D eigenvalue weighted by Crippen LogP contribution is 2.33. The molecule has 4 rings (SSSR count). The van der Waals surface area contributed by atoms with Crippen LogP contribution in [0.3, 0.4) is 0 Å². The third kappa shape index (κ3) is 3.37. The zero-order valence-electron chi connectivity index (χ0n) is 14.6. The van der Waals surface area contributed by atoms with Gasteiger partial charge in [0.15, 0.2) is 10.8 Å². The number of carbonyl (C=O) groups excluding carboxylic acids is 1. The summed E-state index contributed by atoms with van der Waals surface area (Å²) in [7, 11) is 1.91. The van der Waals surface area contributed by atoms with Gasteiger partial charge in [-0.05, 0) is 36.5 Å². The highest BCUT2D eigenvalue weighted by atomic mass is 32.1. The Balaban J connectivity index is 1.48. The molecule has 1 unspecified atom stereocenters. The monoisotopic (exact) mass is 364 g/mol. The Morgan fingerprint density at radius 3 is 2.88 bits per heavy atom. The smallest absolute Gasteiger partial charge is 0.228 e. The van der Waals surface area contributed by atoms with E-state index in [0.717, 1.165) is 30.0 Å². The fourth-order valence-electron chi connectivity index (χ4n) is 3.48. The molecule has 2 heterocycles. The second-order valence-electron chi connectivity index (χ2n) is 6.50. The fourth-order valence-corrected chi connectivity index (χ4v) is 4.25. The van der Waals surface area contributed by atoms with Gasteiger partial charge in [0.2, 0.25) is 5.91 Å². The quantitative estimate of drug-likeness (QED) is 0.709. The first kappa shape index (κ1) is 16.8. The molecule has 132 valence electrons. The van der Waals surface area contributed by atoms with Gasteiger partial charge < -0.3 is 4.90 Å². The predicted octanol–water partition coefficient (Wildman–Crippen LogP) is 3.68. The molecule has 26 heavy (non-hydrogen) atoms. The van der Waals surface area contributed by atoms with E-state index >= 15 is 0 Å². The number of hydrogen-bond acceptors (Lipinski definition) is 5. The number of aryl methyl sites for hydroxylation is 1. The number of carbonyl (C=O) groups is 1. The molecule has 1 atom stereocenters. The van der Waals surface area contributed by atoms with Crippen molar-refractivity contribution in [2.45, 2.75) is 31.7 Å². The number of nitrogens with zero attached hydrogens (tertiary/aromatic N) is 4. The normalized spacial score (nSPS) is 16.1. The highest BCUT2D eigenvalue weighted by Gasteiger charge is 2.26. The van der Waals surface area contributed by atoms with Crippen molar-refractivity contribution < 1.29 is 4.79 Å². The number of aromatic nitrogens is 3. The summed E-state index contributed by atoms with van der Waals surface area (Å²) in [4.78, 5) is 27.7. The summed E-state index contributed by atoms with van der Waals surface area (Å²) >= 11 is 1.47. The van der Waals surface area contributed by atoms with Crippen LogP contribution < -0.4 is 0 Å². The Morgan fingerprint density at radius 2 is 2.04 bits per heavy atom. The van der Waals surface area contributed by atoms with Gasteiger partial charge in [-0.2, -0.15) is 0 Å². The van der Waals surface area contributed by atoms with Crippen LogP contribution in [-0.4, -0.2) is 32.8 Å². The number of rotatable bonds is 4. The number of amides is 1. The Kier molecular flexibility index (Phi) is 4.75. The largest absolute Gasteiger partial charge is 0.338 e. The lowest BCUT2D eigenvalue weighted by Gasteiger charge is -2.33. The Morgan fingerprint density at radius 1 is 1.23 bits per heavy atom. The van der Waals surface area contributed by atoms with E-state index in [4.69, 9.17) is 0 Å². The number of thiazole rings is 1. The van der Waals surface area contributed by atoms with Crippen molar-refractivity contribution >= 4 is 17.2 Å². The number of hydrogen-bond donors (Lipinski definition) is 0. The van der Waals surface area contributed by atoms with Crippen molar-refractivity contribution in [2.24, 2.45) is 0 Å². The summed E-state index contributed by atoms with van der Waals surface area (Å²) in [5.74, 6) is 0.697. The summed E-state index contributed by atoms with van der Waals surface area (Å²) in [5, 5.41) is 2.67. The van der Waals surface area contributed by atoms with E-state index in [9.17, 15) is 4.79 Å². The summed E-state index contributed by atoms with van der Waals surface area (Å²) in [6.07, 6.45) is 6.93. The van der Waals surface area contributed by atoms with Crippen molar-refractivity contribution in [1.82, 2.24) is 19.9 Å². The van der Waals surface area contributed by atoms with Crippen LogP contribution in [0.1, 0.15) is 35.7 Å². The lowest BCUT2D eigenvalue weighted by Crippen LogP contribution is -2.34. The first-order chi connectivity index (χ1) is 12.7. The van der Waals surface area contributed by atoms with Gasteiger partial charge >= 0.3 is 0 Å². The molecule has 0 bridgehead atoms. The molecule has 0 aliphatic heterocycles. The van der Waals surface area contributed by atoms with Crippen LogP contribution in [-0.2, 0) is 17.6 Å². The molecule has 0 N–H and O–H groups in total. The van der Waals surface area contributed by atoms with E-state index in [1.165, 1.54) is 22.5 Å². The molecule has 1 aromatic carbocycles. The highest BCUT2D eigenvalue weighted by molar-refractivity contribution is 7.13. The van der Waals surface area contributed by atoms with Crippen molar-refractivity contribution in [2.75, 3.05) is 7.05 Å². The molecule has 1 aliphatic rings. The SMILES string of the molecule is CN(C(=O)Cc1csc(-c2ncccn2)n1)C1CCCc2ccccc21. The minimum Gasteiger partial charge on any atom is -0.338 e. The number of benzene rings is 1. The fraction of sp³-hybridized carbons (Fsp3) is 0.300. The third-order valence-corrected chi connectivity index (χ3v) is 5.73. The van der Waals surface area contributed by atoms with Gasteiger partial charge in [0.25, 0.3) is 0 Å².